The van der Waals surface area contributed by atoms with E-state index < -0.39 is 0 Å². The Morgan fingerprint density at radius 2 is 1.69 bits per heavy atom. The van der Waals surface area contributed by atoms with Crippen LogP contribution in [0.1, 0.15) is 37.4 Å². The summed E-state index contributed by atoms with van der Waals surface area (Å²) in [5.41, 5.74) is 4.92. The Morgan fingerprint density at radius 1 is 1.08 bits per heavy atom. The first kappa shape index (κ1) is 20.4. The number of carbonyl (C=O) groups is 1. The Hall–Kier alpha value is -1.92. The monoisotopic (exact) mass is 377 g/mol. The van der Waals surface area contributed by atoms with Crippen molar-refractivity contribution in [3.8, 4) is 11.1 Å². The van der Waals surface area contributed by atoms with Crippen molar-refractivity contribution in [3.05, 3.63) is 59.1 Å². The lowest BCUT2D eigenvalue weighted by atomic mass is 9.99. The molecule has 0 spiro atoms. The summed E-state index contributed by atoms with van der Waals surface area (Å²) in [5, 5.41) is 9.24. The molecule has 0 bridgehead atoms. The minimum absolute atomic E-state index is 0.105. The number of hydrogen-bond acceptors (Lipinski definition) is 4. The molecule has 0 radical (unpaired) electrons. The minimum Gasteiger partial charge on any atom is -0.359 e. The van der Waals surface area contributed by atoms with Crippen molar-refractivity contribution < 1.29 is 19.5 Å². The van der Waals surface area contributed by atoms with Gasteiger partial charge in [-0.2, -0.15) is 0 Å². The first-order valence-corrected chi connectivity index (χ1v) is 8.91. The quantitative estimate of drug-likeness (QED) is 0.272. The maximum absolute atomic E-state index is 11.1. The van der Waals surface area contributed by atoms with Gasteiger partial charge in [0, 0.05) is 18.6 Å². The fraction of sp³-hybridized carbons (Fsp3) is 0.350. The first-order valence-electron chi connectivity index (χ1n) is 8.53. The molecule has 0 aliphatic rings. The van der Waals surface area contributed by atoms with E-state index in [9.17, 15) is 4.79 Å². The molecule has 2 rings (SSSR count). The molecular formula is C20H24ClNO4. The topological polar surface area (TPSA) is 67.8 Å². The second kappa shape index (κ2) is 10.9. The first-order chi connectivity index (χ1) is 12.6. The van der Waals surface area contributed by atoms with E-state index >= 15 is 0 Å². The average Bonchev–Trinajstić information content (AvgIpc) is 2.68. The Labute approximate surface area is 158 Å². The third-order valence-electron chi connectivity index (χ3n) is 4.09. The van der Waals surface area contributed by atoms with Crippen LogP contribution in [0.4, 0.5) is 0 Å². The van der Waals surface area contributed by atoms with Gasteiger partial charge in [-0.25, -0.2) is 5.48 Å². The number of amides is 1. The van der Waals surface area contributed by atoms with Crippen LogP contribution in [0.15, 0.2) is 48.5 Å². The van der Waals surface area contributed by atoms with Crippen molar-refractivity contribution in [2.24, 2.45) is 0 Å². The van der Waals surface area contributed by atoms with Gasteiger partial charge in [0.05, 0.1) is 6.10 Å². The summed E-state index contributed by atoms with van der Waals surface area (Å²) < 4.78 is 10.8. The predicted octanol–water partition coefficient (Wildman–Crippen LogP) is 4.73. The largest absolute Gasteiger partial charge is 0.359 e. The molecule has 26 heavy (non-hydrogen) atoms. The number of nitrogens with one attached hydrogen (secondary N) is 1. The molecule has 140 valence electrons. The number of halogens is 1. The van der Waals surface area contributed by atoms with Crippen LogP contribution < -0.4 is 5.48 Å². The summed E-state index contributed by atoms with van der Waals surface area (Å²) in [6.45, 7) is 0.209. The number of ether oxygens (including phenoxy) is 2. The molecule has 0 saturated carbocycles. The van der Waals surface area contributed by atoms with Crippen molar-refractivity contribution in [1.29, 1.82) is 0 Å². The van der Waals surface area contributed by atoms with Gasteiger partial charge in [0.2, 0.25) is 5.91 Å². The minimum atomic E-state index is -0.369. The molecule has 0 saturated heterocycles. The number of benzene rings is 2. The van der Waals surface area contributed by atoms with E-state index in [2.05, 4.69) is 12.1 Å². The van der Waals surface area contributed by atoms with Crippen molar-refractivity contribution in [3.63, 3.8) is 0 Å². The standard InChI is InChI=1S/C20H24ClNO4/c1-25-14-26-19(4-2-3-5-20(23)22-24)17-8-6-15(7-9-17)16-10-12-18(21)13-11-16/h6-13,19,24H,2-5,14H2,1H3,(H,22,23). The van der Waals surface area contributed by atoms with Crippen LogP contribution >= 0.6 is 11.6 Å². The zero-order valence-corrected chi connectivity index (χ0v) is 15.5. The van der Waals surface area contributed by atoms with Crippen LogP contribution in [-0.4, -0.2) is 25.0 Å². The highest BCUT2D eigenvalue weighted by molar-refractivity contribution is 6.30. The fourth-order valence-electron chi connectivity index (χ4n) is 2.70. The summed E-state index contributed by atoms with van der Waals surface area (Å²) in [6.07, 6.45) is 2.44. The summed E-state index contributed by atoms with van der Waals surface area (Å²) in [6, 6.07) is 15.9. The zero-order chi connectivity index (χ0) is 18.8. The maximum atomic E-state index is 11.1. The number of unbranched alkanes of at least 4 members (excludes halogenated alkanes) is 1. The lowest BCUT2D eigenvalue weighted by Crippen LogP contribution is -2.17. The smallest absolute Gasteiger partial charge is 0.243 e. The van der Waals surface area contributed by atoms with E-state index in [0.717, 1.165) is 29.5 Å². The molecule has 0 aliphatic carbocycles. The number of rotatable bonds is 10. The number of methoxy groups -OCH3 is 1. The Kier molecular flexibility index (Phi) is 8.58. The van der Waals surface area contributed by atoms with Gasteiger partial charge in [-0.15, -0.1) is 0 Å². The molecule has 0 aromatic heterocycles. The second-order valence-electron chi connectivity index (χ2n) is 5.97. The molecule has 1 atom stereocenters. The van der Waals surface area contributed by atoms with E-state index in [4.69, 9.17) is 26.3 Å². The molecule has 1 unspecified atom stereocenters. The second-order valence-corrected chi connectivity index (χ2v) is 6.41. The van der Waals surface area contributed by atoms with E-state index in [1.54, 1.807) is 12.6 Å². The van der Waals surface area contributed by atoms with Crippen molar-refractivity contribution >= 4 is 17.5 Å². The van der Waals surface area contributed by atoms with Crippen molar-refractivity contribution in [2.45, 2.75) is 31.8 Å². The molecule has 0 fully saturated rings. The zero-order valence-electron chi connectivity index (χ0n) is 14.8. The highest BCUT2D eigenvalue weighted by Gasteiger charge is 2.13. The fourth-order valence-corrected chi connectivity index (χ4v) is 2.83. The van der Waals surface area contributed by atoms with Gasteiger partial charge < -0.3 is 9.47 Å². The maximum Gasteiger partial charge on any atom is 0.243 e. The van der Waals surface area contributed by atoms with Crippen LogP contribution in [-0.2, 0) is 14.3 Å². The molecule has 2 aromatic carbocycles. The van der Waals surface area contributed by atoms with Crippen LogP contribution in [0.25, 0.3) is 11.1 Å². The normalized spacial score (nSPS) is 12.0. The van der Waals surface area contributed by atoms with Crippen LogP contribution in [0, 0.1) is 0 Å². The van der Waals surface area contributed by atoms with Crippen LogP contribution in [0.3, 0.4) is 0 Å². The van der Waals surface area contributed by atoms with Crippen molar-refractivity contribution in [2.75, 3.05) is 13.9 Å². The van der Waals surface area contributed by atoms with E-state index in [1.165, 1.54) is 0 Å². The van der Waals surface area contributed by atoms with Gasteiger partial charge in [-0.05, 0) is 41.7 Å². The van der Waals surface area contributed by atoms with Gasteiger partial charge >= 0.3 is 0 Å². The van der Waals surface area contributed by atoms with Crippen LogP contribution in [0.2, 0.25) is 5.02 Å². The molecule has 6 heteroatoms. The lowest BCUT2D eigenvalue weighted by Gasteiger charge is -2.18. The molecule has 5 nitrogen and oxygen atoms in total. The van der Waals surface area contributed by atoms with E-state index in [0.29, 0.717) is 17.9 Å². The van der Waals surface area contributed by atoms with Crippen LogP contribution in [0.5, 0.6) is 0 Å². The Morgan fingerprint density at radius 3 is 2.27 bits per heavy atom. The summed E-state index contributed by atoms with van der Waals surface area (Å²) in [4.78, 5) is 11.1. The van der Waals surface area contributed by atoms with Gasteiger partial charge in [0.1, 0.15) is 6.79 Å². The van der Waals surface area contributed by atoms with E-state index in [1.807, 2.05) is 36.4 Å². The third kappa shape index (κ3) is 6.42. The summed E-state index contributed by atoms with van der Waals surface area (Å²) >= 11 is 5.94. The highest BCUT2D eigenvalue weighted by atomic mass is 35.5. The molecule has 1 amide bonds. The van der Waals surface area contributed by atoms with Crippen molar-refractivity contribution in [1.82, 2.24) is 5.48 Å². The molecule has 0 aliphatic heterocycles. The Bertz CT molecular complexity index is 673. The summed E-state index contributed by atoms with van der Waals surface area (Å²) in [5.74, 6) is -0.369. The molecule has 2 aromatic rings. The number of hydrogen-bond donors (Lipinski definition) is 2. The highest BCUT2D eigenvalue weighted by Crippen LogP contribution is 2.27. The number of carbonyl (C=O) groups excluding carboxylic acids is 1. The number of hydroxylamine groups is 1. The molecule has 0 heterocycles. The average molecular weight is 378 g/mol. The van der Waals surface area contributed by atoms with Gasteiger partial charge in [-0.1, -0.05) is 54.4 Å². The third-order valence-corrected chi connectivity index (χ3v) is 4.34. The van der Waals surface area contributed by atoms with Gasteiger partial charge in [-0.3, -0.25) is 10.0 Å². The van der Waals surface area contributed by atoms with Gasteiger partial charge in [0.15, 0.2) is 0 Å². The summed E-state index contributed by atoms with van der Waals surface area (Å²) in [7, 11) is 1.59. The Balaban J connectivity index is 2.00. The predicted molar refractivity (Wildman–Crippen MR) is 101 cm³/mol. The molecule has 2 N–H and O–H groups in total. The SMILES string of the molecule is COCOC(CCCCC(=O)NO)c1ccc(-c2ccc(Cl)cc2)cc1. The lowest BCUT2D eigenvalue weighted by molar-refractivity contribution is -0.129. The van der Waals surface area contributed by atoms with Gasteiger partial charge in [0.25, 0.3) is 0 Å². The molecular weight excluding hydrogens is 354 g/mol. The van der Waals surface area contributed by atoms with E-state index in [-0.39, 0.29) is 18.8 Å².